The molecule has 16 rings (SSSR count). The Balaban J connectivity index is 0.000000245. The molecule has 0 fully saturated rings. The van der Waals surface area contributed by atoms with Crippen molar-refractivity contribution in [3.63, 3.8) is 0 Å². The van der Waals surface area contributed by atoms with Gasteiger partial charge in [-0.05, 0) is 192 Å². The molecular weight excluding hydrogens is 2240 g/mol. The topological polar surface area (TPSA) is 135 Å². The van der Waals surface area contributed by atoms with Crippen LogP contribution < -0.4 is 0 Å². The van der Waals surface area contributed by atoms with Crippen LogP contribution in [0.25, 0.3) is 121 Å². The van der Waals surface area contributed by atoms with Crippen LogP contribution in [0, 0.1) is 87.4 Å². The Labute approximate surface area is 815 Å². The van der Waals surface area contributed by atoms with E-state index >= 15 is 0 Å². The van der Waals surface area contributed by atoms with E-state index in [1.165, 1.54) is 59.3 Å². The minimum absolute atomic E-state index is 0. The van der Waals surface area contributed by atoms with Gasteiger partial charge in [0.2, 0.25) is 0 Å². The van der Waals surface area contributed by atoms with Crippen LogP contribution >= 0.6 is 0 Å². The average Bonchev–Trinajstić information content (AvgIpc) is 1.54. The normalized spacial score (nSPS) is 15.7. The molecule has 0 aliphatic carbocycles. The summed E-state index contributed by atoms with van der Waals surface area (Å²) >= 11 is 0. The Morgan fingerprint density at radius 1 is 0.444 bits per heavy atom. The van der Waals surface area contributed by atoms with Gasteiger partial charge in [-0.25, -0.2) is 0 Å². The number of carbonyl (C=O) groups excluding carboxylic acids is 2. The fraction of sp³-hybridized carbons (Fsp3) is 0.291. The monoisotopic (exact) mass is 2380 g/mol. The minimum Gasteiger partial charge on any atom is -0.512 e. The van der Waals surface area contributed by atoms with Crippen molar-refractivity contribution in [3.05, 3.63) is 322 Å². The smallest absolute Gasteiger partial charge is 0.155 e. The molecule has 0 saturated heterocycles. The molecule has 10 nitrogen and oxygen atoms in total. The maximum Gasteiger partial charge on any atom is 0.155 e. The molecule has 0 amide bonds. The Morgan fingerprint density at radius 2 is 0.855 bits per heavy atom. The number of aliphatic hydroxyl groups excluding tert-OH is 2. The maximum atomic E-state index is 10.0. The number of rotatable bonds is 18. The molecule has 0 aliphatic rings. The van der Waals surface area contributed by atoms with Crippen molar-refractivity contribution < 1.29 is 125 Å². The van der Waals surface area contributed by atoms with Gasteiger partial charge in [0.05, 0.1) is 45.2 Å². The van der Waals surface area contributed by atoms with Gasteiger partial charge in [0.25, 0.3) is 0 Å². The third-order valence-corrected chi connectivity index (χ3v) is 19.4. The first-order valence-corrected chi connectivity index (χ1v) is 40.5. The summed E-state index contributed by atoms with van der Waals surface area (Å²) in [7, 11) is 0. The summed E-state index contributed by atoms with van der Waals surface area (Å²) in [5.74, 6) is -4.86. The number of aliphatic hydroxyl groups is 2. The molecule has 10 aromatic carbocycles. The third kappa shape index (κ3) is 26.8. The Kier molecular flexibility index (Phi) is 29.2. The zero-order valence-corrected chi connectivity index (χ0v) is 82.3. The van der Waals surface area contributed by atoms with Crippen LogP contribution in [-0.4, -0.2) is 50.5 Å². The van der Waals surface area contributed by atoms with Gasteiger partial charge < -0.3 is 19.0 Å². The second kappa shape index (κ2) is 47.1. The molecule has 14 heteroatoms. The van der Waals surface area contributed by atoms with E-state index in [0.29, 0.717) is 29.5 Å². The molecule has 6 aromatic heterocycles. The molecule has 0 bridgehead atoms. The van der Waals surface area contributed by atoms with Gasteiger partial charge in [-0.15, -0.1) is 129 Å². The molecule has 4 radical (unpaired) electrons. The van der Waals surface area contributed by atoms with Crippen LogP contribution in [0.4, 0.5) is 0 Å². The van der Waals surface area contributed by atoms with E-state index in [0.717, 1.165) is 155 Å². The van der Waals surface area contributed by atoms with E-state index in [9.17, 15) is 9.59 Å². The Bertz CT molecular complexity index is 7150. The fourth-order valence-corrected chi connectivity index (χ4v) is 15.2. The number of aryl methyl sites for hydroxylation is 4. The number of nitrogens with zero attached hydrogens (tertiary/aromatic N) is 6. The molecule has 6 heterocycles. The number of allylic oxidation sites excluding steroid dienone is 4. The van der Waals surface area contributed by atoms with E-state index in [2.05, 4.69) is 93.5 Å². The number of ketones is 2. The second-order valence-electron chi connectivity index (χ2n) is 31.6. The van der Waals surface area contributed by atoms with Crippen molar-refractivity contribution in [1.29, 1.82) is 0 Å². The van der Waals surface area contributed by atoms with Gasteiger partial charge in [0.15, 0.2) is 11.6 Å². The summed E-state index contributed by atoms with van der Waals surface area (Å²) in [4.78, 5) is 39.1. The predicted molar refractivity (Wildman–Crippen MR) is 505 cm³/mol. The molecule has 16 aromatic rings. The van der Waals surface area contributed by atoms with E-state index in [-0.39, 0.29) is 122 Å². The van der Waals surface area contributed by atoms with Crippen molar-refractivity contribution >= 4 is 88.0 Å². The zero-order valence-electron chi connectivity index (χ0n) is 90.8. The summed E-state index contributed by atoms with van der Waals surface area (Å²) in [6, 6.07) is 80.2. The molecule has 652 valence electrons. The Morgan fingerprint density at radius 3 is 1.27 bits per heavy atom. The van der Waals surface area contributed by atoms with Gasteiger partial charge >= 0.3 is 0 Å². The minimum atomic E-state index is -2.44. The fourth-order valence-electron chi connectivity index (χ4n) is 15.2. The van der Waals surface area contributed by atoms with Gasteiger partial charge in [0, 0.05) is 152 Å². The number of hydrogen-bond donors (Lipinski definition) is 2. The molecular formula is C110H118Ir4N6O4-4. The van der Waals surface area contributed by atoms with E-state index in [1.807, 2.05) is 194 Å². The van der Waals surface area contributed by atoms with Crippen LogP contribution in [0.15, 0.2) is 242 Å². The number of para-hydroxylation sites is 2. The van der Waals surface area contributed by atoms with Crippen LogP contribution in [0.5, 0.6) is 0 Å². The van der Waals surface area contributed by atoms with E-state index < -0.39 is 70.2 Å². The molecule has 6 atom stereocenters. The van der Waals surface area contributed by atoms with Crippen molar-refractivity contribution in [2.45, 2.75) is 177 Å². The summed E-state index contributed by atoms with van der Waals surface area (Å²) in [6.45, 7) is 18.8. The molecule has 0 spiro atoms. The number of hydrogen-bond acceptors (Lipinski definition) is 8. The van der Waals surface area contributed by atoms with Crippen molar-refractivity contribution in [2.75, 3.05) is 0 Å². The average molecular weight is 2380 g/mol. The van der Waals surface area contributed by atoms with Crippen LogP contribution in [0.1, 0.15) is 191 Å². The Hall–Kier alpha value is -9.54. The van der Waals surface area contributed by atoms with Crippen LogP contribution in [0.3, 0.4) is 0 Å². The number of pyridine rings is 4. The number of benzene rings is 10. The molecule has 0 saturated carbocycles. The van der Waals surface area contributed by atoms with Crippen molar-refractivity contribution in [3.8, 4) is 45.0 Å². The molecule has 6 unspecified atom stereocenters. The number of aromatic nitrogens is 6. The standard InChI is InChI=1S/2C29H29N2.2C21H22N.2C5H8O2.4Ir/c2*1-19(2)16-21-10-9-11-22(17-20(3)4)28(21)27-18-30-29-25-14-6-5-12-23(25)24-13-7-8-15-26(24)31(27)29;2*1-14(2)9-17-5-6-18-7-8-20(22-21(18)13-17)19-11-15(3)10-16(4)12-19;2*1-4(6)3-5(2)7;;;;/h2*5-13,15,18-20H,16-17H2,1-4H3;2*5-8,10-11,13-14H,9H2,1-4H3;2*3,6H,1-2H3;;;;/q4*-1;;;;;;/i1D3,19D,20D;1D3,16D,17D;1D3,9D2;1D3;;;;;;. The zero-order chi connectivity index (χ0) is 102. The quantitative estimate of drug-likeness (QED) is 0.0375. The van der Waals surface area contributed by atoms with Crippen LogP contribution in [0.2, 0.25) is 0 Å². The maximum absolute atomic E-state index is 10.0. The van der Waals surface area contributed by atoms with Crippen LogP contribution in [-0.2, 0) is 128 Å². The largest absolute Gasteiger partial charge is 0.512 e. The van der Waals surface area contributed by atoms with Crippen molar-refractivity contribution in [1.82, 2.24) is 28.7 Å². The van der Waals surface area contributed by atoms with Gasteiger partial charge in [-0.1, -0.05) is 243 Å². The number of carbonyl (C=O) groups is 2. The summed E-state index contributed by atoms with van der Waals surface area (Å²) in [5.41, 5.74) is 20.6. The molecule has 124 heavy (non-hydrogen) atoms. The number of imidazole rings is 2. The van der Waals surface area contributed by atoms with Crippen molar-refractivity contribution in [2.24, 2.45) is 35.5 Å². The first-order valence-electron chi connectivity index (χ1n) is 49.6. The SMILES string of the molecule is CC(=O)C=C(C)O.CC(=O)C=C(C)O.[2H]C(C)(C)Cc1cccc(CC([2H])(C)C([2H])([2H])[2H])c1-c1cnc2c3[c-]cccc3c3ccccc3n12.[2H]C([2H])([2H])C(C)C([2H])([2H])c1ccc2ccc(-c3[c-]c(C)cc(C)c3)nc2c1.[2H]C([2H])([2H])C(C)Cc1ccc2ccc(-c3[c-]c(C)cc(C)c3)nc2c1.[2H]C(c1cccc(C([2H])C(C)C([2H])([2H])[2H])c1-c1cnc2c3[c-]cccc3c3ccccc3n12)C(C)C.[Ir].[Ir].[Ir].[Ir]. The van der Waals surface area contributed by atoms with E-state index in [1.54, 1.807) is 38.2 Å². The molecule has 0 aliphatic heterocycles. The summed E-state index contributed by atoms with van der Waals surface area (Å²) < 4.78 is 149. The molecule has 2 N–H and O–H groups in total. The first kappa shape index (κ1) is 76.9. The van der Waals surface area contributed by atoms with Gasteiger partial charge in [-0.3, -0.25) is 29.5 Å². The number of fused-ring (bicyclic) bond motifs is 14. The predicted octanol–water partition coefficient (Wildman–Crippen LogP) is 28.1. The first-order chi connectivity index (χ1) is 64.4. The van der Waals surface area contributed by atoms with E-state index in [4.69, 9.17) is 49.8 Å². The second-order valence-corrected chi connectivity index (χ2v) is 31.6. The summed E-state index contributed by atoms with van der Waals surface area (Å²) in [6.07, 6.45) is 3.49. The van der Waals surface area contributed by atoms with Gasteiger partial charge in [0.1, 0.15) is 0 Å². The third-order valence-electron chi connectivity index (χ3n) is 19.4. The van der Waals surface area contributed by atoms with Gasteiger partial charge in [-0.2, -0.15) is 0 Å². The summed E-state index contributed by atoms with van der Waals surface area (Å²) in [5, 5.41) is 24.7.